The summed E-state index contributed by atoms with van der Waals surface area (Å²) in [5.74, 6) is 2.01. The van der Waals surface area contributed by atoms with Crippen LogP contribution < -0.4 is 0 Å². The molecule has 0 aliphatic heterocycles. The van der Waals surface area contributed by atoms with Crippen LogP contribution in [0.15, 0.2) is 22.6 Å². The molecule has 1 aromatic heterocycles. The number of hydrogen-bond acceptors (Lipinski definition) is 2. The molecule has 0 amide bonds. The number of fused-ring (bicyclic) bond motifs is 1. The summed E-state index contributed by atoms with van der Waals surface area (Å²) in [6.07, 6.45) is 5.54. The van der Waals surface area contributed by atoms with E-state index in [9.17, 15) is 5.11 Å². The molecule has 2 aromatic rings. The number of aliphatic hydroxyl groups excluding tert-OH is 1. The Bertz CT molecular complexity index is 705. The molecule has 1 N–H and O–H groups in total. The number of hydrogen-bond donors (Lipinski definition) is 1. The van der Waals surface area contributed by atoms with E-state index in [-0.39, 0.29) is 11.5 Å². The standard InChI is InChI=1S/C22H32O2/c1-6-7-8-9-20-21(22(3,4)5)17-12-15(10-11-19(17)24-20)14(2)16-13-18(16)23/h10-12,14,16,18,23H,6-9,13H2,1-5H3/t14-,16-,18?/m1/s1. The monoisotopic (exact) mass is 328 g/mol. The number of rotatable bonds is 6. The van der Waals surface area contributed by atoms with Crippen LogP contribution in [0.4, 0.5) is 0 Å². The molecule has 2 nitrogen and oxygen atoms in total. The Hall–Kier alpha value is -1.28. The quantitative estimate of drug-likeness (QED) is 0.665. The molecular weight excluding hydrogens is 296 g/mol. The minimum atomic E-state index is -0.105. The van der Waals surface area contributed by atoms with Gasteiger partial charge in [0.1, 0.15) is 11.3 Å². The first-order chi connectivity index (χ1) is 11.3. The second-order valence-corrected chi connectivity index (χ2v) is 8.62. The van der Waals surface area contributed by atoms with E-state index in [1.165, 1.54) is 41.5 Å². The van der Waals surface area contributed by atoms with Crippen molar-refractivity contribution < 1.29 is 9.52 Å². The van der Waals surface area contributed by atoms with Crippen molar-refractivity contribution >= 4 is 11.0 Å². The van der Waals surface area contributed by atoms with E-state index in [4.69, 9.17) is 4.42 Å². The summed E-state index contributed by atoms with van der Waals surface area (Å²) in [7, 11) is 0. The van der Waals surface area contributed by atoms with Crippen molar-refractivity contribution in [3.05, 3.63) is 35.1 Å². The Kier molecular flexibility index (Phi) is 4.79. The lowest BCUT2D eigenvalue weighted by molar-refractivity contribution is 0.253. The van der Waals surface area contributed by atoms with Gasteiger partial charge < -0.3 is 9.52 Å². The number of furan rings is 1. The molecule has 0 radical (unpaired) electrons. The van der Waals surface area contributed by atoms with Crippen LogP contribution in [0.1, 0.15) is 83.1 Å². The Morgan fingerprint density at radius 1 is 1.25 bits per heavy atom. The summed E-state index contributed by atoms with van der Waals surface area (Å²) in [4.78, 5) is 0. The molecule has 1 saturated carbocycles. The predicted octanol–water partition coefficient (Wildman–Crippen LogP) is 5.95. The maximum Gasteiger partial charge on any atom is 0.134 e. The summed E-state index contributed by atoms with van der Waals surface area (Å²) in [5, 5.41) is 11.0. The van der Waals surface area contributed by atoms with Crippen LogP contribution in [0.3, 0.4) is 0 Å². The molecule has 0 spiro atoms. The average Bonchev–Trinajstić information content (AvgIpc) is 3.11. The molecule has 3 atom stereocenters. The normalized spacial score (nSPS) is 22.1. The van der Waals surface area contributed by atoms with E-state index < -0.39 is 0 Å². The van der Waals surface area contributed by atoms with Gasteiger partial charge in [-0.2, -0.15) is 0 Å². The third-order valence-electron chi connectivity index (χ3n) is 5.52. The van der Waals surface area contributed by atoms with Crippen LogP contribution in [-0.4, -0.2) is 11.2 Å². The van der Waals surface area contributed by atoms with Crippen LogP contribution >= 0.6 is 0 Å². The van der Waals surface area contributed by atoms with E-state index in [1.807, 2.05) is 0 Å². The molecule has 1 aliphatic carbocycles. The molecule has 3 rings (SSSR count). The van der Waals surface area contributed by atoms with Crippen LogP contribution in [-0.2, 0) is 11.8 Å². The van der Waals surface area contributed by atoms with Crippen molar-refractivity contribution in [3.8, 4) is 0 Å². The minimum absolute atomic E-state index is 0.0771. The molecule has 1 unspecified atom stereocenters. The first-order valence-electron chi connectivity index (χ1n) is 9.56. The second kappa shape index (κ2) is 6.55. The molecule has 1 heterocycles. The molecule has 0 saturated heterocycles. The summed E-state index contributed by atoms with van der Waals surface area (Å²) in [5.41, 5.74) is 3.79. The molecule has 1 fully saturated rings. The lowest BCUT2D eigenvalue weighted by atomic mass is 9.83. The number of aryl methyl sites for hydroxylation is 1. The summed E-state index contributed by atoms with van der Waals surface area (Å²) < 4.78 is 6.25. The first-order valence-corrected chi connectivity index (χ1v) is 9.56. The van der Waals surface area contributed by atoms with Crippen molar-refractivity contribution in [2.45, 2.75) is 84.2 Å². The van der Waals surface area contributed by atoms with Crippen LogP contribution in [0.2, 0.25) is 0 Å². The topological polar surface area (TPSA) is 33.4 Å². The van der Waals surface area contributed by atoms with Gasteiger partial charge in [0.05, 0.1) is 6.10 Å². The maximum atomic E-state index is 9.76. The molecule has 0 bridgehead atoms. The third kappa shape index (κ3) is 3.39. The smallest absolute Gasteiger partial charge is 0.134 e. The summed E-state index contributed by atoms with van der Waals surface area (Å²) in [6.45, 7) is 11.3. The van der Waals surface area contributed by atoms with E-state index >= 15 is 0 Å². The zero-order valence-corrected chi connectivity index (χ0v) is 15.9. The highest BCUT2D eigenvalue weighted by molar-refractivity contribution is 5.84. The molecule has 24 heavy (non-hydrogen) atoms. The highest BCUT2D eigenvalue weighted by Crippen LogP contribution is 2.44. The fourth-order valence-electron chi connectivity index (χ4n) is 3.97. The van der Waals surface area contributed by atoms with Gasteiger partial charge in [0, 0.05) is 17.4 Å². The van der Waals surface area contributed by atoms with Crippen molar-refractivity contribution in [1.82, 2.24) is 0 Å². The molecule has 132 valence electrons. The largest absolute Gasteiger partial charge is 0.461 e. The predicted molar refractivity (Wildman–Crippen MR) is 101 cm³/mol. The van der Waals surface area contributed by atoms with E-state index in [0.717, 1.165) is 18.4 Å². The molecule has 2 heteroatoms. The average molecular weight is 328 g/mol. The van der Waals surface area contributed by atoms with Gasteiger partial charge >= 0.3 is 0 Å². The molecule has 1 aliphatic rings. The highest BCUT2D eigenvalue weighted by Gasteiger charge is 2.40. The number of benzene rings is 1. The maximum absolute atomic E-state index is 9.76. The summed E-state index contributed by atoms with van der Waals surface area (Å²) in [6, 6.07) is 6.64. The van der Waals surface area contributed by atoms with Crippen molar-refractivity contribution in [3.63, 3.8) is 0 Å². The lowest BCUT2D eigenvalue weighted by Gasteiger charge is -2.20. The Balaban J connectivity index is 2.00. The first kappa shape index (κ1) is 17.5. The van der Waals surface area contributed by atoms with Gasteiger partial charge in [0.2, 0.25) is 0 Å². The van der Waals surface area contributed by atoms with E-state index in [2.05, 4.69) is 52.8 Å². The van der Waals surface area contributed by atoms with Gasteiger partial charge in [-0.3, -0.25) is 0 Å². The van der Waals surface area contributed by atoms with E-state index in [0.29, 0.717) is 11.8 Å². The SMILES string of the molecule is CCCCCc1oc2ccc([C@@H](C)[C@H]3CC3O)cc2c1C(C)(C)C. The molecular formula is C22H32O2. The van der Waals surface area contributed by atoms with Crippen LogP contribution in [0, 0.1) is 5.92 Å². The number of unbranched alkanes of at least 4 members (excludes halogenated alkanes) is 2. The van der Waals surface area contributed by atoms with E-state index in [1.54, 1.807) is 0 Å². The van der Waals surface area contributed by atoms with Gasteiger partial charge in [0.15, 0.2) is 0 Å². The Morgan fingerprint density at radius 2 is 1.96 bits per heavy atom. The molecule has 1 aromatic carbocycles. The van der Waals surface area contributed by atoms with Gasteiger partial charge in [0.25, 0.3) is 0 Å². The van der Waals surface area contributed by atoms with Crippen LogP contribution in [0.5, 0.6) is 0 Å². The minimum Gasteiger partial charge on any atom is -0.461 e. The van der Waals surface area contributed by atoms with Crippen molar-refractivity contribution in [2.24, 2.45) is 5.92 Å². The number of aliphatic hydroxyl groups is 1. The van der Waals surface area contributed by atoms with Crippen molar-refractivity contribution in [1.29, 1.82) is 0 Å². The van der Waals surface area contributed by atoms with Crippen molar-refractivity contribution in [2.75, 3.05) is 0 Å². The fourth-order valence-corrected chi connectivity index (χ4v) is 3.97. The second-order valence-electron chi connectivity index (χ2n) is 8.62. The zero-order chi connectivity index (χ0) is 17.5. The fraction of sp³-hybridized carbons (Fsp3) is 0.636. The van der Waals surface area contributed by atoms with Gasteiger partial charge in [-0.1, -0.05) is 53.5 Å². The van der Waals surface area contributed by atoms with Gasteiger partial charge in [-0.05, 0) is 47.8 Å². The Morgan fingerprint density at radius 3 is 2.54 bits per heavy atom. The summed E-state index contributed by atoms with van der Waals surface area (Å²) >= 11 is 0. The Labute approximate surface area is 146 Å². The zero-order valence-electron chi connectivity index (χ0n) is 15.9. The van der Waals surface area contributed by atoms with Gasteiger partial charge in [-0.25, -0.2) is 0 Å². The third-order valence-corrected chi connectivity index (χ3v) is 5.52. The van der Waals surface area contributed by atoms with Crippen LogP contribution in [0.25, 0.3) is 11.0 Å². The highest BCUT2D eigenvalue weighted by atomic mass is 16.3. The lowest BCUT2D eigenvalue weighted by Crippen LogP contribution is -2.13. The van der Waals surface area contributed by atoms with Gasteiger partial charge in [-0.15, -0.1) is 0 Å².